The van der Waals surface area contributed by atoms with Gasteiger partial charge in [-0.15, -0.1) is 0 Å². The van der Waals surface area contributed by atoms with Gasteiger partial charge in [0.05, 0.1) is 36.6 Å². The summed E-state index contributed by atoms with van der Waals surface area (Å²) in [6, 6.07) is 0. The molecule has 0 aromatic carbocycles. The zero-order valence-electron chi connectivity index (χ0n) is 44.1. The van der Waals surface area contributed by atoms with Gasteiger partial charge in [-0.2, -0.15) is 0 Å². The fourth-order valence-electron chi connectivity index (χ4n) is 16.9. The van der Waals surface area contributed by atoms with E-state index in [4.69, 9.17) is 28.4 Å². The quantitative estimate of drug-likeness (QED) is 0.147. The van der Waals surface area contributed by atoms with Gasteiger partial charge >= 0.3 is 23.9 Å². The SMILES string of the molecule is CC(=O)O[C@H]1C(=O)[C@@]2(C)[C@H]([C@H](C)[C@]3(O)C[C@H](OC(C)=O)C(C)=C1C3(C)C)[C@]1(C)CO[C@@H]1C[C@@H]2C.CC(=O)O[C@H]1C[C@@]2(O)[C@@H](C)[C@@H]3[C@]4(C)CO[C@@H]4C[C@H](C)[C@@]3(C)[C@@H](O)[C@H](OC(C)=O)C(=C1C)C2(C)C. The summed E-state index contributed by atoms with van der Waals surface area (Å²) >= 11 is 0. The highest BCUT2D eigenvalue weighted by molar-refractivity contribution is 5.94. The number of ketones is 1. The van der Waals surface area contributed by atoms with Crippen LogP contribution in [0.15, 0.2) is 22.3 Å². The predicted octanol–water partition coefficient (Wildman–Crippen LogP) is 7.02. The Morgan fingerprint density at radius 1 is 0.588 bits per heavy atom. The smallest absolute Gasteiger partial charge is 0.303 e. The molecular weight excluding hydrogens is 873 g/mol. The summed E-state index contributed by atoms with van der Waals surface area (Å²) < 4.78 is 35.1. The van der Waals surface area contributed by atoms with Crippen LogP contribution < -0.4 is 0 Å². The van der Waals surface area contributed by atoms with E-state index in [0.717, 1.165) is 18.4 Å². The maximum absolute atomic E-state index is 14.6. The number of hydrogen-bond donors (Lipinski definition) is 3. The molecule has 3 N–H and O–H groups in total. The Labute approximate surface area is 404 Å². The number of rotatable bonds is 4. The van der Waals surface area contributed by atoms with Gasteiger partial charge in [0.25, 0.3) is 0 Å². The minimum Gasteiger partial charge on any atom is -0.458 e. The van der Waals surface area contributed by atoms with E-state index < -0.39 is 87.3 Å². The molecule has 14 heteroatoms. The van der Waals surface area contributed by atoms with E-state index in [9.17, 15) is 39.3 Å². The minimum atomic E-state index is -1.31. The third-order valence-electron chi connectivity index (χ3n) is 20.9. The van der Waals surface area contributed by atoms with Crippen LogP contribution in [0.25, 0.3) is 0 Å². The van der Waals surface area contributed by atoms with E-state index in [1.165, 1.54) is 27.7 Å². The lowest BCUT2D eigenvalue weighted by molar-refractivity contribution is -0.319. The average Bonchev–Trinajstić information content (AvgIpc) is 3.21. The van der Waals surface area contributed by atoms with Crippen molar-refractivity contribution < 1.29 is 67.7 Å². The highest BCUT2D eigenvalue weighted by atomic mass is 16.6. The van der Waals surface area contributed by atoms with E-state index >= 15 is 0 Å². The van der Waals surface area contributed by atoms with Crippen molar-refractivity contribution in [3.8, 4) is 0 Å². The average molecular weight is 955 g/mol. The van der Waals surface area contributed by atoms with Crippen LogP contribution in [0.1, 0.15) is 150 Å². The van der Waals surface area contributed by atoms with Crippen LogP contribution in [0.3, 0.4) is 0 Å². The fraction of sp³-hybridized carbons (Fsp3) is 0.833. The van der Waals surface area contributed by atoms with Crippen LogP contribution in [0.4, 0.5) is 0 Å². The Morgan fingerprint density at radius 2 is 0.985 bits per heavy atom. The van der Waals surface area contributed by atoms with E-state index in [-0.39, 0.29) is 77.2 Å². The van der Waals surface area contributed by atoms with E-state index in [1.54, 1.807) is 0 Å². The van der Waals surface area contributed by atoms with Gasteiger partial charge < -0.3 is 43.7 Å². The van der Waals surface area contributed by atoms with Crippen LogP contribution >= 0.6 is 0 Å². The third-order valence-corrected chi connectivity index (χ3v) is 20.9. The summed E-state index contributed by atoms with van der Waals surface area (Å²) in [5.41, 5.74) is -3.70. The molecule has 0 amide bonds. The topological polar surface area (TPSA) is 201 Å². The van der Waals surface area contributed by atoms with Gasteiger partial charge in [0.1, 0.15) is 18.3 Å². The molecule has 0 radical (unpaired) electrons. The molecule has 14 nitrogen and oxygen atoms in total. The Balaban J connectivity index is 0.000000201. The summed E-state index contributed by atoms with van der Waals surface area (Å²) in [5.74, 6) is -2.92. The van der Waals surface area contributed by atoms with Gasteiger partial charge in [0.15, 0.2) is 18.0 Å². The molecule has 68 heavy (non-hydrogen) atoms. The van der Waals surface area contributed by atoms with Crippen molar-refractivity contribution in [3.05, 3.63) is 22.3 Å². The number of aliphatic hydroxyl groups excluding tert-OH is 1. The van der Waals surface area contributed by atoms with Gasteiger partial charge in [-0.1, -0.05) is 83.1 Å². The van der Waals surface area contributed by atoms with Crippen LogP contribution in [-0.2, 0) is 52.4 Å². The zero-order valence-corrected chi connectivity index (χ0v) is 44.1. The third kappa shape index (κ3) is 7.03. The molecule has 19 atom stereocenters. The molecule has 0 unspecified atom stereocenters. The van der Waals surface area contributed by atoms with Gasteiger partial charge in [0, 0.05) is 73.0 Å². The highest BCUT2D eigenvalue weighted by Gasteiger charge is 2.74. The molecule has 382 valence electrons. The number of Topliss-reactive ketones (excluding diaryl/α,β-unsaturated/α-hetero) is 1. The van der Waals surface area contributed by atoms with Crippen molar-refractivity contribution >= 4 is 29.7 Å². The first-order valence-corrected chi connectivity index (χ1v) is 25.1. The molecule has 2 aliphatic heterocycles. The first-order chi connectivity index (χ1) is 31.1. The molecule has 2 saturated heterocycles. The summed E-state index contributed by atoms with van der Waals surface area (Å²) in [6.07, 6.45) is -2.39. The van der Waals surface area contributed by atoms with Crippen LogP contribution in [-0.4, -0.2) is 112 Å². The van der Waals surface area contributed by atoms with E-state index in [0.29, 0.717) is 29.9 Å². The van der Waals surface area contributed by atoms with Crippen molar-refractivity contribution in [2.75, 3.05) is 13.2 Å². The Morgan fingerprint density at radius 3 is 1.41 bits per heavy atom. The molecule has 6 aliphatic carbocycles. The molecule has 8 rings (SSSR count). The molecule has 4 saturated carbocycles. The molecular formula is C54H82O14. The van der Waals surface area contributed by atoms with Crippen LogP contribution in [0.2, 0.25) is 0 Å². The standard InChI is InChI=1S/C27H42O7.C27H40O7/c2*1-13-10-19-25(8,12-32-19)22-15(3)27(31)11-18(33-16(4)28)14(2)20(24(27,6)7)21(34-17(5)29)23(30)26(13,22)9/h13,15,18-19,21-23,30-31H,10-12H2,1-9H3;13,15,18-19,21-22,31H,10-12H2,1-9H3/t13-,15-,18-,19+,21+,22+,23-,25+,26+,27+;13-,15-,18-,19+,21+,22+,25+,26+,27+/m00/s1. The summed E-state index contributed by atoms with van der Waals surface area (Å²) in [4.78, 5) is 63.2. The summed E-state index contributed by atoms with van der Waals surface area (Å²) in [5, 5.41) is 37.4. The lowest BCUT2D eigenvalue weighted by atomic mass is 9.39. The van der Waals surface area contributed by atoms with Crippen LogP contribution in [0.5, 0.6) is 0 Å². The van der Waals surface area contributed by atoms with Crippen molar-refractivity contribution in [2.24, 2.45) is 68.0 Å². The molecule has 6 fully saturated rings. The first kappa shape index (κ1) is 52.6. The van der Waals surface area contributed by atoms with Crippen LogP contribution in [0, 0.1) is 68.0 Å². The summed E-state index contributed by atoms with van der Waals surface area (Å²) in [7, 11) is 0. The Kier molecular flexibility index (Phi) is 12.9. The summed E-state index contributed by atoms with van der Waals surface area (Å²) in [6.45, 7) is 34.6. The van der Waals surface area contributed by atoms with Gasteiger partial charge in [-0.3, -0.25) is 24.0 Å². The maximum Gasteiger partial charge on any atom is 0.303 e. The second-order valence-electron chi connectivity index (χ2n) is 24.8. The number of aliphatic hydroxyl groups is 3. The largest absolute Gasteiger partial charge is 0.458 e. The minimum absolute atomic E-state index is 0.0127. The Hall–Kier alpha value is -3.17. The highest BCUT2D eigenvalue weighted by Crippen LogP contribution is 2.71. The van der Waals surface area contributed by atoms with E-state index in [2.05, 4.69) is 41.5 Å². The van der Waals surface area contributed by atoms with Crippen molar-refractivity contribution in [3.63, 3.8) is 0 Å². The molecule has 2 heterocycles. The number of esters is 4. The van der Waals surface area contributed by atoms with Crippen molar-refractivity contribution in [1.82, 2.24) is 0 Å². The van der Waals surface area contributed by atoms with E-state index in [1.807, 2.05) is 55.4 Å². The number of fused-ring (bicyclic) bond motifs is 10. The Bertz CT molecular complexity index is 2190. The zero-order chi connectivity index (χ0) is 51.2. The van der Waals surface area contributed by atoms with Crippen molar-refractivity contribution in [2.45, 2.75) is 204 Å². The lowest BCUT2D eigenvalue weighted by Gasteiger charge is -2.70. The van der Waals surface area contributed by atoms with Gasteiger partial charge in [-0.25, -0.2) is 0 Å². The molecule has 4 bridgehead atoms. The molecule has 0 spiro atoms. The first-order valence-electron chi connectivity index (χ1n) is 25.1. The molecule has 8 aliphatic rings. The van der Waals surface area contributed by atoms with Gasteiger partial charge in [-0.05, 0) is 84.5 Å². The second kappa shape index (κ2) is 16.7. The number of hydrogen-bond acceptors (Lipinski definition) is 14. The van der Waals surface area contributed by atoms with Gasteiger partial charge in [0.2, 0.25) is 0 Å². The van der Waals surface area contributed by atoms with Crippen molar-refractivity contribution in [1.29, 1.82) is 0 Å². The monoisotopic (exact) mass is 955 g/mol. The molecule has 0 aromatic rings. The fourth-order valence-corrected chi connectivity index (χ4v) is 16.9. The molecule has 0 aromatic heterocycles. The second-order valence-corrected chi connectivity index (χ2v) is 24.8. The number of carbonyl (C=O) groups is 5. The number of carbonyl (C=O) groups excluding carboxylic acids is 5. The normalized spacial score (nSPS) is 48.5. The number of ether oxygens (including phenoxy) is 6. The maximum atomic E-state index is 14.6. The lowest BCUT2D eigenvalue weighted by Crippen LogP contribution is -2.74. The predicted molar refractivity (Wildman–Crippen MR) is 250 cm³/mol.